The van der Waals surface area contributed by atoms with E-state index in [-0.39, 0.29) is 19.4 Å². The largest absolute Gasteiger partial charge is 0.463 e. The SMILES string of the molecule is CCC(=O)Cn1c(=O)c(F)cn([C@H]2C[C@H](OC(C)=O)[C@@H](COC(C)=O)O2)c1=O. The summed E-state index contributed by atoms with van der Waals surface area (Å²) in [5.74, 6) is -2.85. The van der Waals surface area contributed by atoms with Crippen molar-refractivity contribution < 1.29 is 33.0 Å². The summed E-state index contributed by atoms with van der Waals surface area (Å²) in [4.78, 5) is 58.5. The molecule has 0 spiro atoms. The second-order valence-corrected chi connectivity index (χ2v) is 6.27. The first-order valence-corrected chi connectivity index (χ1v) is 8.63. The number of carbonyl (C=O) groups excluding carboxylic acids is 3. The number of carbonyl (C=O) groups is 3. The highest BCUT2D eigenvalue weighted by atomic mass is 19.1. The van der Waals surface area contributed by atoms with Crippen LogP contribution < -0.4 is 11.2 Å². The molecule has 1 aliphatic rings. The third-order valence-electron chi connectivity index (χ3n) is 4.14. The summed E-state index contributed by atoms with van der Waals surface area (Å²) < 4.78 is 31.0. The number of rotatable bonds is 7. The van der Waals surface area contributed by atoms with Crippen LogP contribution in [-0.2, 0) is 35.1 Å². The first-order chi connectivity index (χ1) is 13.1. The van der Waals surface area contributed by atoms with Crippen LogP contribution in [0.4, 0.5) is 4.39 Å². The van der Waals surface area contributed by atoms with Crippen LogP contribution in [0.3, 0.4) is 0 Å². The normalized spacial score (nSPS) is 21.4. The topological polar surface area (TPSA) is 123 Å². The van der Waals surface area contributed by atoms with Crippen LogP contribution in [0.1, 0.15) is 39.8 Å². The fourth-order valence-corrected chi connectivity index (χ4v) is 2.78. The molecule has 1 fully saturated rings. The fourth-order valence-electron chi connectivity index (χ4n) is 2.78. The molecule has 154 valence electrons. The minimum absolute atomic E-state index is 0.0369. The van der Waals surface area contributed by atoms with E-state index < -0.39 is 59.8 Å². The highest BCUT2D eigenvalue weighted by Gasteiger charge is 2.40. The Hall–Kier alpha value is -2.82. The molecule has 1 aromatic heterocycles. The van der Waals surface area contributed by atoms with Crippen molar-refractivity contribution in [2.24, 2.45) is 0 Å². The highest BCUT2D eigenvalue weighted by molar-refractivity contribution is 5.77. The molecule has 3 atom stereocenters. The van der Waals surface area contributed by atoms with Crippen molar-refractivity contribution in [1.82, 2.24) is 9.13 Å². The van der Waals surface area contributed by atoms with Gasteiger partial charge < -0.3 is 14.2 Å². The van der Waals surface area contributed by atoms with Gasteiger partial charge in [-0.1, -0.05) is 6.92 Å². The molecule has 1 saturated heterocycles. The summed E-state index contributed by atoms with van der Waals surface area (Å²) >= 11 is 0. The Balaban J connectivity index is 2.36. The molecule has 0 saturated carbocycles. The van der Waals surface area contributed by atoms with E-state index in [0.717, 1.165) is 4.57 Å². The number of halogens is 1. The van der Waals surface area contributed by atoms with E-state index in [1.807, 2.05) is 0 Å². The molecule has 2 heterocycles. The third-order valence-corrected chi connectivity index (χ3v) is 4.14. The van der Waals surface area contributed by atoms with Crippen LogP contribution in [-0.4, -0.2) is 45.7 Å². The lowest BCUT2D eigenvalue weighted by molar-refractivity contribution is -0.155. The van der Waals surface area contributed by atoms with Crippen molar-refractivity contribution in [2.75, 3.05) is 6.61 Å². The number of hydrogen-bond acceptors (Lipinski definition) is 8. The van der Waals surface area contributed by atoms with Crippen LogP contribution in [0.15, 0.2) is 15.8 Å². The van der Waals surface area contributed by atoms with Crippen molar-refractivity contribution in [3.63, 3.8) is 0 Å². The molecular weight excluding hydrogens is 379 g/mol. The van der Waals surface area contributed by atoms with Crippen LogP contribution in [0.2, 0.25) is 0 Å². The minimum Gasteiger partial charge on any atom is -0.463 e. The molecule has 0 bridgehead atoms. The van der Waals surface area contributed by atoms with Crippen LogP contribution >= 0.6 is 0 Å². The minimum atomic E-state index is -1.24. The quantitative estimate of drug-likeness (QED) is 0.582. The van der Waals surface area contributed by atoms with E-state index in [1.54, 1.807) is 6.92 Å². The third kappa shape index (κ3) is 4.91. The van der Waals surface area contributed by atoms with E-state index in [1.165, 1.54) is 13.8 Å². The Bertz CT molecular complexity index is 890. The van der Waals surface area contributed by atoms with Crippen molar-refractivity contribution in [3.8, 4) is 0 Å². The summed E-state index contributed by atoms with van der Waals surface area (Å²) in [7, 11) is 0. The Morgan fingerprint density at radius 2 is 1.93 bits per heavy atom. The van der Waals surface area contributed by atoms with Gasteiger partial charge in [-0.3, -0.25) is 28.3 Å². The van der Waals surface area contributed by atoms with Gasteiger partial charge in [-0.25, -0.2) is 4.79 Å². The molecule has 1 aliphatic heterocycles. The molecule has 0 radical (unpaired) electrons. The first kappa shape index (κ1) is 21.5. The second-order valence-electron chi connectivity index (χ2n) is 6.27. The molecule has 0 aliphatic carbocycles. The number of ether oxygens (including phenoxy) is 3. The fraction of sp³-hybridized carbons (Fsp3) is 0.588. The summed E-state index contributed by atoms with van der Waals surface area (Å²) in [6.07, 6.45) is -2.11. The van der Waals surface area contributed by atoms with Gasteiger partial charge in [0.1, 0.15) is 25.0 Å². The van der Waals surface area contributed by atoms with Gasteiger partial charge >= 0.3 is 17.6 Å². The maximum absolute atomic E-state index is 14.1. The van der Waals surface area contributed by atoms with Gasteiger partial charge in [-0.05, 0) is 0 Å². The first-order valence-electron chi connectivity index (χ1n) is 8.63. The summed E-state index contributed by atoms with van der Waals surface area (Å²) in [5, 5.41) is 0. The zero-order valence-electron chi connectivity index (χ0n) is 15.7. The Labute approximate surface area is 158 Å². The van der Waals surface area contributed by atoms with Gasteiger partial charge in [-0.15, -0.1) is 0 Å². The van der Waals surface area contributed by atoms with Crippen molar-refractivity contribution >= 4 is 17.7 Å². The average molecular weight is 400 g/mol. The number of hydrogen-bond donors (Lipinski definition) is 0. The smallest absolute Gasteiger partial charge is 0.333 e. The zero-order chi connectivity index (χ0) is 21.0. The van der Waals surface area contributed by atoms with Gasteiger partial charge in [0, 0.05) is 26.7 Å². The molecule has 0 amide bonds. The molecule has 2 rings (SSSR count). The number of ketones is 1. The maximum atomic E-state index is 14.1. The van der Waals surface area contributed by atoms with Crippen molar-refractivity contribution in [2.45, 2.75) is 58.6 Å². The number of esters is 2. The lowest BCUT2D eigenvalue weighted by Crippen LogP contribution is -2.44. The van der Waals surface area contributed by atoms with Crippen LogP contribution in [0.25, 0.3) is 0 Å². The summed E-state index contributed by atoms with van der Waals surface area (Å²) in [6, 6.07) is 0. The molecule has 1 aromatic rings. The Morgan fingerprint density at radius 3 is 2.50 bits per heavy atom. The average Bonchev–Trinajstić information content (AvgIpc) is 3.01. The number of aromatic nitrogens is 2. The maximum Gasteiger partial charge on any atom is 0.333 e. The Kier molecular flexibility index (Phi) is 6.84. The van der Waals surface area contributed by atoms with Crippen LogP contribution in [0, 0.1) is 5.82 Å². The van der Waals surface area contributed by atoms with E-state index >= 15 is 0 Å². The van der Waals surface area contributed by atoms with Crippen molar-refractivity contribution in [1.29, 1.82) is 0 Å². The van der Waals surface area contributed by atoms with E-state index in [4.69, 9.17) is 14.2 Å². The molecule has 11 heteroatoms. The monoisotopic (exact) mass is 400 g/mol. The lowest BCUT2D eigenvalue weighted by Gasteiger charge is -2.18. The van der Waals surface area contributed by atoms with Crippen molar-refractivity contribution in [3.05, 3.63) is 32.9 Å². The molecule has 0 unspecified atom stereocenters. The predicted octanol–water partition coefficient (Wildman–Crippen LogP) is -0.0895. The molecule has 0 aromatic carbocycles. The van der Waals surface area contributed by atoms with Gasteiger partial charge in [0.15, 0.2) is 5.78 Å². The lowest BCUT2D eigenvalue weighted by atomic mass is 10.2. The standard InChI is InChI=1S/C17H21FN2O8/c1-4-11(23)6-20-16(24)12(18)7-19(17(20)25)15-5-13(27-10(3)22)14(28-15)8-26-9(2)21/h7,13-15H,4-6,8H2,1-3H3/t13-,14+,15+/m0/s1. The van der Waals surface area contributed by atoms with Gasteiger partial charge in [0.05, 0.1) is 12.7 Å². The second kappa shape index (κ2) is 8.91. The van der Waals surface area contributed by atoms with Gasteiger partial charge in [-0.2, -0.15) is 4.39 Å². The van der Waals surface area contributed by atoms with Gasteiger partial charge in [0.25, 0.3) is 5.56 Å². The predicted molar refractivity (Wildman–Crippen MR) is 90.9 cm³/mol. The van der Waals surface area contributed by atoms with Gasteiger partial charge in [0.2, 0.25) is 5.82 Å². The molecular formula is C17H21FN2O8. The molecule has 28 heavy (non-hydrogen) atoms. The summed E-state index contributed by atoms with van der Waals surface area (Å²) in [6.45, 7) is 3.11. The van der Waals surface area contributed by atoms with E-state index in [9.17, 15) is 28.4 Å². The van der Waals surface area contributed by atoms with E-state index in [2.05, 4.69) is 0 Å². The summed E-state index contributed by atoms with van der Waals surface area (Å²) in [5.41, 5.74) is -2.15. The Morgan fingerprint density at radius 1 is 1.25 bits per heavy atom. The zero-order valence-corrected chi connectivity index (χ0v) is 15.7. The van der Waals surface area contributed by atoms with E-state index in [0.29, 0.717) is 10.8 Å². The molecule has 10 nitrogen and oxygen atoms in total. The van der Waals surface area contributed by atoms with Crippen LogP contribution in [0.5, 0.6) is 0 Å². The number of Topliss-reactive ketones (excluding diaryl/α,β-unsaturated/α-hetero) is 1. The number of nitrogens with zero attached hydrogens (tertiary/aromatic N) is 2. The molecule has 0 N–H and O–H groups in total. The highest BCUT2D eigenvalue weighted by Crippen LogP contribution is 2.30.